The molecule has 0 saturated heterocycles. The molecule has 0 saturated carbocycles. The molecular formula is C16H17NO3. The van der Waals surface area contributed by atoms with E-state index in [1.165, 1.54) is 0 Å². The highest BCUT2D eigenvalue weighted by molar-refractivity contribution is 5.85. The van der Waals surface area contributed by atoms with Crippen LogP contribution in [0.2, 0.25) is 0 Å². The molecule has 0 fully saturated rings. The summed E-state index contributed by atoms with van der Waals surface area (Å²) in [7, 11) is 1.63. The van der Waals surface area contributed by atoms with Gasteiger partial charge in [-0.25, -0.2) is 4.79 Å². The normalized spacial score (nSPS) is 10.9. The van der Waals surface area contributed by atoms with Crippen LogP contribution in [-0.4, -0.2) is 22.8 Å². The van der Waals surface area contributed by atoms with Crippen LogP contribution in [0.3, 0.4) is 0 Å². The van der Waals surface area contributed by atoms with Gasteiger partial charge in [0.25, 0.3) is 0 Å². The molecule has 2 aromatic rings. The van der Waals surface area contributed by atoms with Crippen molar-refractivity contribution in [3.05, 3.63) is 53.4 Å². The molecule has 1 heterocycles. The van der Waals surface area contributed by atoms with Crippen molar-refractivity contribution in [2.24, 2.45) is 0 Å². The Kier molecular flexibility index (Phi) is 3.94. The fourth-order valence-corrected chi connectivity index (χ4v) is 2.26. The first-order chi connectivity index (χ1) is 9.52. The van der Waals surface area contributed by atoms with Gasteiger partial charge in [0.1, 0.15) is 5.75 Å². The maximum absolute atomic E-state index is 10.6. The van der Waals surface area contributed by atoms with E-state index in [1.807, 2.05) is 44.2 Å². The van der Waals surface area contributed by atoms with E-state index in [-0.39, 0.29) is 0 Å². The molecule has 0 radical (unpaired) electrons. The van der Waals surface area contributed by atoms with E-state index in [2.05, 4.69) is 4.57 Å². The van der Waals surface area contributed by atoms with Gasteiger partial charge in [0.15, 0.2) is 0 Å². The van der Waals surface area contributed by atoms with E-state index in [0.29, 0.717) is 0 Å². The Hall–Kier alpha value is -2.49. The Balaban J connectivity index is 2.49. The van der Waals surface area contributed by atoms with Crippen LogP contribution in [0.4, 0.5) is 0 Å². The van der Waals surface area contributed by atoms with Crippen LogP contribution < -0.4 is 4.74 Å². The van der Waals surface area contributed by atoms with E-state index in [0.717, 1.165) is 34.5 Å². The molecule has 104 valence electrons. The predicted molar refractivity (Wildman–Crippen MR) is 78.5 cm³/mol. The summed E-state index contributed by atoms with van der Waals surface area (Å²) in [6, 6.07) is 9.73. The molecule has 1 aromatic carbocycles. The number of benzene rings is 1. The van der Waals surface area contributed by atoms with Gasteiger partial charge >= 0.3 is 5.97 Å². The molecule has 2 rings (SSSR count). The molecule has 0 aliphatic heterocycles. The van der Waals surface area contributed by atoms with E-state index in [1.54, 1.807) is 13.2 Å². The fraction of sp³-hybridized carbons (Fsp3) is 0.188. The maximum atomic E-state index is 10.6. The van der Waals surface area contributed by atoms with Crippen molar-refractivity contribution in [1.29, 1.82) is 0 Å². The lowest BCUT2D eigenvalue weighted by molar-refractivity contribution is -0.131. The Morgan fingerprint density at radius 2 is 2.05 bits per heavy atom. The average Bonchev–Trinajstić information content (AvgIpc) is 2.71. The van der Waals surface area contributed by atoms with Crippen molar-refractivity contribution in [3.63, 3.8) is 0 Å². The van der Waals surface area contributed by atoms with E-state index in [4.69, 9.17) is 9.84 Å². The summed E-state index contributed by atoms with van der Waals surface area (Å²) in [4.78, 5) is 10.6. The molecule has 0 atom stereocenters. The summed E-state index contributed by atoms with van der Waals surface area (Å²) < 4.78 is 7.31. The van der Waals surface area contributed by atoms with Gasteiger partial charge in [-0.2, -0.15) is 0 Å². The zero-order chi connectivity index (χ0) is 14.7. The largest absolute Gasteiger partial charge is 0.497 e. The number of hydrogen-bond donors (Lipinski definition) is 1. The molecular weight excluding hydrogens is 254 g/mol. The number of aromatic nitrogens is 1. The summed E-state index contributed by atoms with van der Waals surface area (Å²) in [6.07, 6.45) is 2.76. The second-order valence-corrected chi connectivity index (χ2v) is 4.53. The van der Waals surface area contributed by atoms with Crippen LogP contribution in [0.5, 0.6) is 5.75 Å². The lowest BCUT2D eigenvalue weighted by atomic mass is 10.2. The topological polar surface area (TPSA) is 51.5 Å². The number of rotatable bonds is 4. The van der Waals surface area contributed by atoms with Crippen LogP contribution in [-0.2, 0) is 4.79 Å². The minimum absolute atomic E-state index is 0.789. The second-order valence-electron chi connectivity index (χ2n) is 4.53. The van der Waals surface area contributed by atoms with Crippen molar-refractivity contribution in [2.45, 2.75) is 13.8 Å². The SMILES string of the molecule is COc1cccc(-n2c(C)cc(C=CC(=O)O)c2C)c1. The number of methoxy groups -OCH3 is 1. The van der Waals surface area contributed by atoms with Crippen molar-refractivity contribution in [3.8, 4) is 11.4 Å². The lowest BCUT2D eigenvalue weighted by Gasteiger charge is -2.11. The number of carbonyl (C=O) groups is 1. The highest BCUT2D eigenvalue weighted by atomic mass is 16.5. The Morgan fingerprint density at radius 3 is 2.70 bits per heavy atom. The number of aryl methyl sites for hydroxylation is 1. The predicted octanol–water partition coefficient (Wildman–Crippen LogP) is 3.20. The molecule has 0 bridgehead atoms. The number of ether oxygens (including phenoxy) is 1. The first-order valence-electron chi connectivity index (χ1n) is 6.27. The highest BCUT2D eigenvalue weighted by Crippen LogP contribution is 2.24. The number of aliphatic carboxylic acids is 1. The van der Waals surface area contributed by atoms with Crippen LogP contribution in [0.1, 0.15) is 17.0 Å². The summed E-state index contributed by atoms with van der Waals surface area (Å²) in [6.45, 7) is 3.96. The number of nitrogens with zero attached hydrogens (tertiary/aromatic N) is 1. The molecule has 0 aliphatic rings. The zero-order valence-corrected chi connectivity index (χ0v) is 11.8. The molecule has 0 unspecified atom stereocenters. The van der Waals surface area contributed by atoms with Crippen molar-refractivity contribution in [1.82, 2.24) is 4.57 Å². The Bertz CT molecular complexity index is 668. The monoisotopic (exact) mass is 271 g/mol. The third-order valence-electron chi connectivity index (χ3n) is 3.19. The Morgan fingerprint density at radius 1 is 1.30 bits per heavy atom. The van der Waals surface area contributed by atoms with Gasteiger partial charge in [-0.3, -0.25) is 0 Å². The molecule has 4 heteroatoms. The van der Waals surface area contributed by atoms with Gasteiger partial charge in [0.05, 0.1) is 7.11 Å². The zero-order valence-electron chi connectivity index (χ0n) is 11.8. The van der Waals surface area contributed by atoms with Gasteiger partial charge in [0.2, 0.25) is 0 Å². The first-order valence-corrected chi connectivity index (χ1v) is 6.27. The van der Waals surface area contributed by atoms with Gasteiger partial charge < -0.3 is 14.4 Å². The van der Waals surface area contributed by atoms with Crippen LogP contribution in [0.25, 0.3) is 11.8 Å². The molecule has 0 amide bonds. The third kappa shape index (κ3) is 2.74. The molecule has 4 nitrogen and oxygen atoms in total. The molecule has 20 heavy (non-hydrogen) atoms. The minimum atomic E-state index is -0.948. The summed E-state index contributed by atoms with van der Waals surface area (Å²) in [5.41, 5.74) is 3.93. The Labute approximate surface area is 117 Å². The molecule has 1 N–H and O–H groups in total. The van der Waals surface area contributed by atoms with Crippen LogP contribution in [0.15, 0.2) is 36.4 Å². The van der Waals surface area contributed by atoms with Gasteiger partial charge in [-0.05, 0) is 43.7 Å². The third-order valence-corrected chi connectivity index (χ3v) is 3.19. The van der Waals surface area contributed by atoms with Crippen molar-refractivity contribution >= 4 is 12.0 Å². The number of carboxylic acid groups (broad SMARTS) is 1. The van der Waals surface area contributed by atoms with Gasteiger partial charge in [-0.1, -0.05) is 6.07 Å². The minimum Gasteiger partial charge on any atom is -0.497 e. The summed E-state index contributed by atoms with van der Waals surface area (Å²) >= 11 is 0. The highest BCUT2D eigenvalue weighted by Gasteiger charge is 2.09. The molecule has 0 aliphatic carbocycles. The molecule has 1 aromatic heterocycles. The van der Waals surface area contributed by atoms with Gasteiger partial charge in [-0.15, -0.1) is 0 Å². The molecule has 0 spiro atoms. The second kappa shape index (κ2) is 5.65. The average molecular weight is 271 g/mol. The van der Waals surface area contributed by atoms with E-state index < -0.39 is 5.97 Å². The fourth-order valence-electron chi connectivity index (χ4n) is 2.26. The lowest BCUT2D eigenvalue weighted by Crippen LogP contribution is -1.99. The first kappa shape index (κ1) is 13.9. The van der Waals surface area contributed by atoms with Gasteiger partial charge in [0, 0.05) is 29.2 Å². The number of hydrogen-bond acceptors (Lipinski definition) is 2. The smallest absolute Gasteiger partial charge is 0.328 e. The van der Waals surface area contributed by atoms with Crippen LogP contribution >= 0.6 is 0 Å². The van der Waals surface area contributed by atoms with E-state index >= 15 is 0 Å². The van der Waals surface area contributed by atoms with E-state index in [9.17, 15) is 4.79 Å². The summed E-state index contributed by atoms with van der Waals surface area (Å²) in [5.74, 6) is -0.159. The van der Waals surface area contributed by atoms with Crippen LogP contribution in [0, 0.1) is 13.8 Å². The number of carboxylic acids is 1. The summed E-state index contributed by atoms with van der Waals surface area (Å²) in [5, 5.41) is 8.72. The van der Waals surface area contributed by atoms with Crippen molar-refractivity contribution in [2.75, 3.05) is 7.11 Å². The standard InChI is InChI=1S/C16H17NO3/c1-11-9-13(7-8-16(18)19)12(2)17(11)14-5-4-6-15(10-14)20-3/h4-10H,1-3H3,(H,18,19). The quantitative estimate of drug-likeness (QED) is 0.869. The maximum Gasteiger partial charge on any atom is 0.328 e. The van der Waals surface area contributed by atoms with Crippen molar-refractivity contribution < 1.29 is 14.6 Å².